The van der Waals surface area contributed by atoms with Crippen molar-refractivity contribution in [1.29, 1.82) is 0 Å². The number of hydrogen-bond donors (Lipinski definition) is 2. The molecule has 126 valence electrons. The van der Waals surface area contributed by atoms with Crippen molar-refractivity contribution in [2.45, 2.75) is 6.92 Å². The highest BCUT2D eigenvalue weighted by atomic mass is 15.1. The number of H-pyrrole nitrogens is 2. The predicted molar refractivity (Wildman–Crippen MR) is 98.8 cm³/mol. The summed E-state index contributed by atoms with van der Waals surface area (Å²) in [5.74, 6) is 0. The van der Waals surface area contributed by atoms with Gasteiger partial charge in [0.25, 0.3) is 0 Å². The van der Waals surface area contributed by atoms with E-state index in [4.69, 9.17) is 0 Å². The number of nitrogens with zero attached hydrogens (tertiary/aromatic N) is 5. The molecule has 0 fully saturated rings. The molecular formula is C19H15N7. The molecule has 0 aliphatic rings. The van der Waals surface area contributed by atoms with Gasteiger partial charge in [-0.3, -0.25) is 5.10 Å². The minimum atomic E-state index is 0.841. The van der Waals surface area contributed by atoms with Crippen LogP contribution in [0.1, 0.15) is 5.69 Å². The lowest BCUT2D eigenvalue weighted by Gasteiger charge is -2.03. The van der Waals surface area contributed by atoms with Crippen LogP contribution in [-0.4, -0.2) is 34.7 Å². The molecular weight excluding hydrogens is 326 g/mol. The minimum absolute atomic E-state index is 0.841. The maximum absolute atomic E-state index is 4.43. The van der Waals surface area contributed by atoms with Gasteiger partial charge in [-0.15, -0.1) is 0 Å². The molecule has 4 heterocycles. The lowest BCUT2D eigenvalue weighted by atomic mass is 10.2. The van der Waals surface area contributed by atoms with Crippen LogP contribution in [0.15, 0.2) is 61.6 Å². The van der Waals surface area contributed by atoms with Gasteiger partial charge in [0, 0.05) is 35.1 Å². The van der Waals surface area contributed by atoms with Crippen LogP contribution in [0.2, 0.25) is 0 Å². The first-order valence-electron chi connectivity index (χ1n) is 8.22. The van der Waals surface area contributed by atoms with E-state index < -0.39 is 0 Å². The van der Waals surface area contributed by atoms with Crippen LogP contribution in [-0.2, 0) is 0 Å². The van der Waals surface area contributed by atoms with E-state index >= 15 is 0 Å². The number of aromatic nitrogens is 7. The average molecular weight is 341 g/mol. The molecule has 0 saturated heterocycles. The van der Waals surface area contributed by atoms with E-state index in [9.17, 15) is 0 Å². The van der Waals surface area contributed by atoms with Gasteiger partial charge in [-0.2, -0.15) is 5.10 Å². The van der Waals surface area contributed by atoms with Gasteiger partial charge in [0.1, 0.15) is 12.0 Å². The van der Waals surface area contributed by atoms with Gasteiger partial charge < -0.3 is 9.55 Å². The Balaban J connectivity index is 1.60. The molecule has 0 aliphatic carbocycles. The summed E-state index contributed by atoms with van der Waals surface area (Å²) in [6.45, 7) is 1.98. The highest BCUT2D eigenvalue weighted by molar-refractivity contribution is 5.92. The Labute approximate surface area is 148 Å². The van der Waals surface area contributed by atoms with E-state index in [0.29, 0.717) is 0 Å². The zero-order valence-corrected chi connectivity index (χ0v) is 14.0. The predicted octanol–water partition coefficient (Wildman–Crippen LogP) is 3.51. The summed E-state index contributed by atoms with van der Waals surface area (Å²) in [6, 6.07) is 10.3. The Morgan fingerprint density at radius 2 is 1.92 bits per heavy atom. The molecule has 0 unspecified atom stereocenters. The standard InChI is InChI=1S/C19H15N7/c1-12-9-26(11-22-12)19-4-2-3-15-14(19)5-17(23-15)18-6-16(24-25-18)13-7-20-10-21-8-13/h2-11,23H,1H3,(H,24,25). The molecule has 0 bridgehead atoms. The number of rotatable bonds is 3. The molecule has 1 aromatic carbocycles. The second-order valence-corrected chi connectivity index (χ2v) is 6.14. The monoisotopic (exact) mass is 341 g/mol. The van der Waals surface area contributed by atoms with Gasteiger partial charge in [-0.1, -0.05) is 6.07 Å². The van der Waals surface area contributed by atoms with Gasteiger partial charge >= 0.3 is 0 Å². The van der Waals surface area contributed by atoms with Crippen molar-refractivity contribution in [2.75, 3.05) is 0 Å². The third-order valence-electron chi connectivity index (χ3n) is 4.36. The summed E-state index contributed by atoms with van der Waals surface area (Å²) in [5, 5.41) is 8.60. The molecule has 7 nitrogen and oxygen atoms in total. The quantitative estimate of drug-likeness (QED) is 0.526. The van der Waals surface area contributed by atoms with Crippen LogP contribution in [0.25, 0.3) is 39.2 Å². The summed E-state index contributed by atoms with van der Waals surface area (Å²) in [6.07, 6.45) is 8.88. The van der Waals surface area contributed by atoms with E-state index in [2.05, 4.69) is 48.3 Å². The molecule has 0 spiro atoms. The fourth-order valence-electron chi connectivity index (χ4n) is 3.10. The van der Waals surface area contributed by atoms with E-state index in [1.165, 1.54) is 6.33 Å². The van der Waals surface area contributed by atoms with Gasteiger partial charge in [-0.25, -0.2) is 15.0 Å². The van der Waals surface area contributed by atoms with Crippen molar-refractivity contribution < 1.29 is 0 Å². The van der Waals surface area contributed by atoms with Crippen LogP contribution in [0, 0.1) is 6.92 Å². The second kappa shape index (κ2) is 5.66. The average Bonchev–Trinajstić information content (AvgIpc) is 3.40. The van der Waals surface area contributed by atoms with Crippen molar-refractivity contribution >= 4 is 10.9 Å². The summed E-state index contributed by atoms with van der Waals surface area (Å²) in [5.41, 5.74) is 6.69. The highest BCUT2D eigenvalue weighted by Crippen LogP contribution is 2.29. The van der Waals surface area contributed by atoms with E-state index in [1.54, 1.807) is 12.4 Å². The van der Waals surface area contributed by atoms with Crippen LogP contribution in [0.5, 0.6) is 0 Å². The van der Waals surface area contributed by atoms with Crippen molar-refractivity contribution in [3.63, 3.8) is 0 Å². The Morgan fingerprint density at radius 1 is 1.04 bits per heavy atom. The van der Waals surface area contributed by atoms with Crippen LogP contribution < -0.4 is 0 Å². The first-order valence-corrected chi connectivity index (χ1v) is 8.22. The molecule has 0 amide bonds. The van der Waals surface area contributed by atoms with Gasteiger partial charge in [0.05, 0.1) is 29.1 Å². The normalized spacial score (nSPS) is 11.3. The smallest absolute Gasteiger partial charge is 0.115 e. The Bertz CT molecular complexity index is 1200. The number of imidazole rings is 1. The number of benzene rings is 1. The topological polar surface area (TPSA) is 88.1 Å². The molecule has 4 aromatic heterocycles. The maximum Gasteiger partial charge on any atom is 0.115 e. The van der Waals surface area contributed by atoms with Crippen molar-refractivity contribution in [3.8, 4) is 28.3 Å². The Morgan fingerprint density at radius 3 is 2.73 bits per heavy atom. The van der Waals surface area contributed by atoms with Crippen molar-refractivity contribution in [2.24, 2.45) is 0 Å². The van der Waals surface area contributed by atoms with Crippen molar-refractivity contribution in [1.82, 2.24) is 34.7 Å². The summed E-state index contributed by atoms with van der Waals surface area (Å²) >= 11 is 0. The lowest BCUT2D eigenvalue weighted by molar-refractivity contribution is 1.07. The second-order valence-electron chi connectivity index (χ2n) is 6.14. The summed E-state index contributed by atoms with van der Waals surface area (Å²) in [4.78, 5) is 15.9. The van der Waals surface area contributed by atoms with Crippen LogP contribution in [0.4, 0.5) is 0 Å². The molecule has 0 saturated carbocycles. The fourth-order valence-corrected chi connectivity index (χ4v) is 3.10. The lowest BCUT2D eigenvalue weighted by Crippen LogP contribution is -1.89. The van der Waals surface area contributed by atoms with Crippen LogP contribution in [0.3, 0.4) is 0 Å². The largest absolute Gasteiger partial charge is 0.353 e. The number of hydrogen-bond acceptors (Lipinski definition) is 4. The highest BCUT2D eigenvalue weighted by Gasteiger charge is 2.12. The number of fused-ring (bicyclic) bond motifs is 1. The van der Waals surface area contributed by atoms with E-state index in [0.717, 1.165) is 44.9 Å². The third-order valence-corrected chi connectivity index (χ3v) is 4.36. The molecule has 0 aliphatic heterocycles. The SMILES string of the molecule is Cc1cn(-c2cccc3[nH]c(-c4cc(-c5cncnc5)[nH]n4)cc23)cn1. The van der Waals surface area contributed by atoms with E-state index in [1.807, 2.05) is 36.1 Å². The molecule has 7 heteroatoms. The van der Waals surface area contributed by atoms with Gasteiger partial charge in [0.15, 0.2) is 0 Å². The number of aromatic amines is 2. The number of aryl methyl sites for hydroxylation is 1. The molecule has 0 atom stereocenters. The van der Waals surface area contributed by atoms with E-state index in [-0.39, 0.29) is 0 Å². The van der Waals surface area contributed by atoms with Crippen molar-refractivity contribution in [3.05, 3.63) is 67.3 Å². The zero-order valence-electron chi connectivity index (χ0n) is 14.0. The molecule has 26 heavy (non-hydrogen) atoms. The molecule has 5 aromatic rings. The maximum atomic E-state index is 4.43. The minimum Gasteiger partial charge on any atom is -0.353 e. The Hall–Kier alpha value is -3.74. The molecule has 2 N–H and O–H groups in total. The first-order chi connectivity index (χ1) is 12.8. The van der Waals surface area contributed by atoms with Gasteiger partial charge in [-0.05, 0) is 31.2 Å². The number of nitrogens with one attached hydrogen (secondary N) is 2. The summed E-state index contributed by atoms with van der Waals surface area (Å²) in [7, 11) is 0. The van der Waals surface area contributed by atoms with Crippen LogP contribution >= 0.6 is 0 Å². The van der Waals surface area contributed by atoms with Gasteiger partial charge in [0.2, 0.25) is 0 Å². The molecule has 5 rings (SSSR count). The Kier molecular flexibility index (Phi) is 3.18. The summed E-state index contributed by atoms with van der Waals surface area (Å²) < 4.78 is 2.03. The fraction of sp³-hybridized carbons (Fsp3) is 0.0526. The zero-order chi connectivity index (χ0) is 17.5. The third kappa shape index (κ3) is 2.37. The molecule has 0 radical (unpaired) electrons. The first kappa shape index (κ1) is 14.6.